The second-order valence-electron chi connectivity index (χ2n) is 4.42. The zero-order valence-corrected chi connectivity index (χ0v) is 11.1. The minimum absolute atomic E-state index is 0.567. The molecule has 0 unspecified atom stereocenters. The highest BCUT2D eigenvalue weighted by atomic mass is 79.9. The summed E-state index contributed by atoms with van der Waals surface area (Å²) in [5.74, 6) is 0.775. The van der Waals surface area contributed by atoms with Crippen molar-refractivity contribution in [2.24, 2.45) is 5.92 Å². The molecular weight excluding hydrogens is 288 g/mol. The van der Waals surface area contributed by atoms with E-state index in [2.05, 4.69) is 32.3 Å². The first-order chi connectivity index (χ1) is 7.74. The van der Waals surface area contributed by atoms with E-state index in [0.29, 0.717) is 11.1 Å². The summed E-state index contributed by atoms with van der Waals surface area (Å²) in [5, 5.41) is 4.19. The molecule has 0 radical (unpaired) electrons. The number of allylic oxidation sites excluding steroid dienone is 1. The zero-order valence-electron chi connectivity index (χ0n) is 8.71. The zero-order chi connectivity index (χ0) is 11.1. The molecule has 84 valence electrons. The van der Waals surface area contributed by atoms with E-state index in [9.17, 15) is 0 Å². The number of hydrogen-bond acceptors (Lipinski definition) is 2. The maximum absolute atomic E-state index is 6.06. The lowest BCUT2D eigenvalue weighted by atomic mass is 10.00. The smallest absolute Gasteiger partial charge is 0.124 e. The fourth-order valence-corrected chi connectivity index (χ4v) is 2.97. The molecule has 0 bridgehead atoms. The number of rotatable bonds is 1. The maximum atomic E-state index is 6.06. The van der Waals surface area contributed by atoms with Crippen molar-refractivity contribution in [3.63, 3.8) is 0 Å². The summed E-state index contributed by atoms with van der Waals surface area (Å²) < 4.78 is 0.717. The topological polar surface area (TPSA) is 24.9 Å². The monoisotopic (exact) mass is 298 g/mol. The average molecular weight is 300 g/mol. The Morgan fingerprint density at radius 2 is 2.38 bits per heavy atom. The van der Waals surface area contributed by atoms with Crippen molar-refractivity contribution < 1.29 is 0 Å². The van der Waals surface area contributed by atoms with E-state index in [1.54, 1.807) is 0 Å². The Labute approximate surface area is 108 Å². The Hall–Kier alpha value is -0.380. The summed E-state index contributed by atoms with van der Waals surface area (Å²) in [5.41, 5.74) is 2.54. The van der Waals surface area contributed by atoms with Crippen molar-refractivity contribution in [1.29, 1.82) is 0 Å². The Morgan fingerprint density at radius 3 is 3.12 bits per heavy atom. The molecule has 4 heteroatoms. The third-order valence-electron chi connectivity index (χ3n) is 3.43. The van der Waals surface area contributed by atoms with E-state index in [1.807, 2.05) is 12.3 Å². The minimum atomic E-state index is 0.567. The molecule has 0 spiro atoms. The van der Waals surface area contributed by atoms with E-state index in [1.165, 1.54) is 12.0 Å². The van der Waals surface area contributed by atoms with Crippen LogP contribution in [0.25, 0.3) is 5.57 Å². The van der Waals surface area contributed by atoms with Gasteiger partial charge >= 0.3 is 0 Å². The first-order valence-electron chi connectivity index (χ1n) is 5.49. The number of nitrogens with one attached hydrogen (secondary N) is 1. The van der Waals surface area contributed by atoms with Gasteiger partial charge < -0.3 is 5.32 Å². The van der Waals surface area contributed by atoms with Crippen molar-refractivity contribution in [2.75, 3.05) is 6.54 Å². The van der Waals surface area contributed by atoms with E-state index in [4.69, 9.17) is 11.6 Å². The van der Waals surface area contributed by atoms with Gasteiger partial charge in [0.15, 0.2) is 0 Å². The van der Waals surface area contributed by atoms with Gasteiger partial charge in [-0.15, -0.1) is 0 Å². The average Bonchev–Trinajstić information content (AvgIpc) is 2.81. The lowest BCUT2D eigenvalue weighted by molar-refractivity contribution is 0.553. The Bertz CT molecular complexity index is 458. The molecule has 0 amide bonds. The Kier molecular flexibility index (Phi) is 2.78. The molecule has 3 rings (SSSR count). The van der Waals surface area contributed by atoms with Crippen LogP contribution in [0.4, 0.5) is 0 Å². The minimum Gasteiger partial charge on any atom is -0.310 e. The highest BCUT2D eigenvalue weighted by molar-refractivity contribution is 9.10. The summed E-state index contributed by atoms with van der Waals surface area (Å²) in [4.78, 5) is 4.24. The van der Waals surface area contributed by atoms with Gasteiger partial charge in [0.1, 0.15) is 4.60 Å². The third kappa shape index (κ3) is 1.81. The van der Waals surface area contributed by atoms with E-state index in [-0.39, 0.29) is 0 Å². The Morgan fingerprint density at radius 1 is 1.50 bits per heavy atom. The summed E-state index contributed by atoms with van der Waals surface area (Å²) in [7, 11) is 0. The molecule has 1 saturated heterocycles. The largest absolute Gasteiger partial charge is 0.310 e. The number of hydrogen-bond donors (Lipinski definition) is 1. The molecule has 2 aliphatic rings. The van der Waals surface area contributed by atoms with Crippen LogP contribution in [0.5, 0.6) is 0 Å². The van der Waals surface area contributed by atoms with Gasteiger partial charge in [0.2, 0.25) is 0 Å². The molecule has 1 aliphatic carbocycles. The molecule has 1 aromatic heterocycles. The molecule has 2 atom stereocenters. The third-order valence-corrected chi connectivity index (χ3v) is 4.58. The highest BCUT2D eigenvalue weighted by Gasteiger charge is 2.31. The quantitative estimate of drug-likeness (QED) is 0.805. The van der Waals surface area contributed by atoms with Crippen molar-refractivity contribution in [3.05, 3.63) is 33.5 Å². The number of aromatic nitrogens is 1. The van der Waals surface area contributed by atoms with E-state index < -0.39 is 0 Å². The standard InChI is InChI=1S/C12H12BrClN2/c13-12-10(14)4-9(6-16-12)8-3-7-1-2-15-11(7)5-8/h4-7,11,15H,1-3H2/t7-,11+/m0/s1. The van der Waals surface area contributed by atoms with Gasteiger partial charge in [-0.2, -0.15) is 0 Å². The molecule has 16 heavy (non-hydrogen) atoms. The molecule has 0 saturated carbocycles. The van der Waals surface area contributed by atoms with Crippen LogP contribution < -0.4 is 5.32 Å². The fourth-order valence-electron chi connectivity index (χ4n) is 2.58. The van der Waals surface area contributed by atoms with Crippen LogP contribution in [-0.2, 0) is 0 Å². The second-order valence-corrected chi connectivity index (χ2v) is 5.58. The van der Waals surface area contributed by atoms with Gasteiger partial charge in [-0.05, 0) is 58.4 Å². The lowest BCUT2D eigenvalue weighted by Crippen LogP contribution is -2.20. The number of nitrogens with zero attached hydrogens (tertiary/aromatic N) is 1. The summed E-state index contributed by atoms with van der Waals surface area (Å²) >= 11 is 9.37. The van der Waals surface area contributed by atoms with Crippen LogP contribution in [0.2, 0.25) is 5.02 Å². The molecule has 1 aromatic rings. The normalized spacial score (nSPS) is 28.0. The predicted molar refractivity (Wildman–Crippen MR) is 69.4 cm³/mol. The van der Waals surface area contributed by atoms with Gasteiger partial charge in [0.05, 0.1) is 5.02 Å². The van der Waals surface area contributed by atoms with Gasteiger partial charge in [0.25, 0.3) is 0 Å². The molecule has 1 N–H and O–H groups in total. The SMILES string of the molecule is Clc1cc(C2=C[C@H]3NCC[C@H]3C2)cnc1Br. The van der Waals surface area contributed by atoms with Gasteiger partial charge in [0, 0.05) is 12.2 Å². The summed E-state index contributed by atoms with van der Waals surface area (Å²) in [6, 6.07) is 2.56. The van der Waals surface area contributed by atoms with Crippen LogP contribution in [0, 0.1) is 5.92 Å². The van der Waals surface area contributed by atoms with Crippen molar-refractivity contribution in [3.8, 4) is 0 Å². The molecule has 2 heterocycles. The fraction of sp³-hybridized carbons (Fsp3) is 0.417. The number of halogens is 2. The first-order valence-corrected chi connectivity index (χ1v) is 6.66. The molecular formula is C12H12BrClN2. The molecule has 1 aliphatic heterocycles. The lowest BCUT2D eigenvalue weighted by Gasteiger charge is -2.07. The first kappa shape index (κ1) is 10.8. The van der Waals surface area contributed by atoms with Crippen LogP contribution in [-0.4, -0.2) is 17.6 Å². The van der Waals surface area contributed by atoms with Crippen LogP contribution >= 0.6 is 27.5 Å². The summed E-state index contributed by atoms with van der Waals surface area (Å²) in [6.07, 6.45) is 6.65. The van der Waals surface area contributed by atoms with E-state index >= 15 is 0 Å². The van der Waals surface area contributed by atoms with Gasteiger partial charge in [-0.25, -0.2) is 4.98 Å². The summed E-state index contributed by atoms with van der Waals surface area (Å²) in [6.45, 7) is 1.15. The van der Waals surface area contributed by atoms with Crippen molar-refractivity contribution >= 4 is 33.1 Å². The molecule has 1 fully saturated rings. The molecule has 0 aromatic carbocycles. The molecule has 2 nitrogen and oxygen atoms in total. The second kappa shape index (κ2) is 4.13. The number of pyridine rings is 1. The van der Waals surface area contributed by atoms with Crippen LogP contribution in [0.15, 0.2) is 22.9 Å². The van der Waals surface area contributed by atoms with Gasteiger partial charge in [-0.1, -0.05) is 17.7 Å². The van der Waals surface area contributed by atoms with Crippen LogP contribution in [0.1, 0.15) is 18.4 Å². The predicted octanol–water partition coefficient (Wildman–Crippen LogP) is 3.26. The number of fused-ring (bicyclic) bond motifs is 1. The van der Waals surface area contributed by atoms with E-state index in [0.717, 1.165) is 29.1 Å². The van der Waals surface area contributed by atoms with Crippen molar-refractivity contribution in [1.82, 2.24) is 10.3 Å². The maximum Gasteiger partial charge on any atom is 0.124 e. The van der Waals surface area contributed by atoms with Crippen LogP contribution in [0.3, 0.4) is 0 Å². The van der Waals surface area contributed by atoms with Crippen molar-refractivity contribution in [2.45, 2.75) is 18.9 Å². The highest BCUT2D eigenvalue weighted by Crippen LogP contribution is 2.37. The Balaban J connectivity index is 1.90. The van der Waals surface area contributed by atoms with Gasteiger partial charge in [-0.3, -0.25) is 0 Å².